The van der Waals surface area contributed by atoms with E-state index in [4.69, 9.17) is 4.84 Å². The van der Waals surface area contributed by atoms with Gasteiger partial charge in [-0.2, -0.15) is 0 Å². The molecule has 0 saturated heterocycles. The Hall–Kier alpha value is -4.33. The molecule has 8 nitrogen and oxygen atoms in total. The van der Waals surface area contributed by atoms with E-state index in [-0.39, 0.29) is 5.91 Å². The number of rotatable bonds is 6. The topological polar surface area (TPSA) is 94.3 Å². The maximum atomic E-state index is 12.9. The second kappa shape index (κ2) is 9.00. The number of nitrogens with one attached hydrogen (secondary N) is 1. The lowest BCUT2D eigenvalue weighted by Gasteiger charge is -2.14. The van der Waals surface area contributed by atoms with Crippen LogP contribution < -0.4 is 5.32 Å². The molecule has 0 aliphatic carbocycles. The lowest BCUT2D eigenvalue weighted by molar-refractivity contribution is 0.102. The van der Waals surface area contributed by atoms with Crippen molar-refractivity contribution in [2.45, 2.75) is 6.92 Å². The van der Waals surface area contributed by atoms with Gasteiger partial charge in [0, 0.05) is 35.9 Å². The molecule has 0 fully saturated rings. The molecule has 4 rings (SSSR count). The molecule has 0 aliphatic heterocycles. The highest BCUT2D eigenvalue weighted by Gasteiger charge is 2.14. The number of benzene rings is 2. The summed E-state index contributed by atoms with van der Waals surface area (Å²) in [5, 5.41) is 6.92. The number of anilines is 1. The lowest BCUT2D eigenvalue weighted by Crippen LogP contribution is -2.15. The third kappa shape index (κ3) is 4.48. The monoisotopic (exact) mass is 412 g/mol. The zero-order valence-electron chi connectivity index (χ0n) is 17.1. The van der Waals surface area contributed by atoms with Gasteiger partial charge in [-0.15, -0.1) is 0 Å². The van der Waals surface area contributed by atoms with Gasteiger partial charge in [0.15, 0.2) is 5.82 Å². The summed E-state index contributed by atoms with van der Waals surface area (Å²) in [5.41, 5.74) is 4.10. The van der Waals surface area contributed by atoms with Gasteiger partial charge in [0.1, 0.15) is 7.11 Å². The summed E-state index contributed by atoms with van der Waals surface area (Å²) in [6, 6.07) is 15.2. The van der Waals surface area contributed by atoms with Crippen LogP contribution in [-0.2, 0) is 4.84 Å². The predicted molar refractivity (Wildman–Crippen MR) is 118 cm³/mol. The van der Waals surface area contributed by atoms with Crippen molar-refractivity contribution in [1.82, 2.24) is 19.5 Å². The van der Waals surface area contributed by atoms with E-state index in [0.29, 0.717) is 22.8 Å². The highest BCUT2D eigenvalue weighted by molar-refractivity contribution is 6.06. The van der Waals surface area contributed by atoms with Crippen molar-refractivity contribution in [1.29, 1.82) is 0 Å². The van der Waals surface area contributed by atoms with Crippen molar-refractivity contribution in [3.8, 4) is 17.1 Å². The van der Waals surface area contributed by atoms with Crippen LogP contribution in [0.15, 0.2) is 84.8 Å². The molecule has 0 radical (unpaired) electrons. The summed E-state index contributed by atoms with van der Waals surface area (Å²) in [4.78, 5) is 30.5. The molecule has 1 amide bonds. The Balaban J connectivity index is 1.63. The number of hydrogen-bond acceptors (Lipinski definition) is 6. The van der Waals surface area contributed by atoms with E-state index in [1.165, 1.54) is 19.5 Å². The van der Waals surface area contributed by atoms with E-state index in [1.807, 2.05) is 60.0 Å². The van der Waals surface area contributed by atoms with Crippen LogP contribution >= 0.6 is 0 Å². The zero-order chi connectivity index (χ0) is 21.6. The Kier molecular flexibility index (Phi) is 5.79. The van der Waals surface area contributed by atoms with Crippen molar-refractivity contribution in [3.63, 3.8) is 0 Å². The fraction of sp³-hybridized carbons (Fsp3) is 0.0870. The number of oxime groups is 1. The summed E-state index contributed by atoms with van der Waals surface area (Å²) in [7, 11) is 1.49. The summed E-state index contributed by atoms with van der Waals surface area (Å²) in [6.07, 6.45) is 8.18. The average Bonchev–Trinajstić information content (AvgIpc) is 3.34. The highest BCUT2D eigenvalue weighted by Crippen LogP contribution is 2.23. The van der Waals surface area contributed by atoms with E-state index in [2.05, 4.69) is 25.4 Å². The molecule has 2 aromatic heterocycles. The average molecular weight is 412 g/mol. The van der Waals surface area contributed by atoms with E-state index in [0.717, 1.165) is 16.8 Å². The number of nitrogens with zero attached hydrogens (tertiary/aromatic N) is 5. The van der Waals surface area contributed by atoms with Crippen LogP contribution in [0.4, 0.5) is 5.69 Å². The smallest absolute Gasteiger partial charge is 0.258 e. The fourth-order valence-corrected chi connectivity index (χ4v) is 3.05. The van der Waals surface area contributed by atoms with Gasteiger partial charge in [0.2, 0.25) is 0 Å². The fourth-order valence-electron chi connectivity index (χ4n) is 3.05. The van der Waals surface area contributed by atoms with Crippen molar-refractivity contribution in [2.75, 3.05) is 12.4 Å². The van der Waals surface area contributed by atoms with Crippen LogP contribution in [-0.4, -0.2) is 38.2 Å². The predicted octanol–water partition coefficient (Wildman–Crippen LogP) is 3.95. The van der Waals surface area contributed by atoms with E-state index < -0.39 is 0 Å². The van der Waals surface area contributed by atoms with Crippen LogP contribution in [0.25, 0.3) is 17.1 Å². The molecule has 154 valence electrons. The molecule has 31 heavy (non-hydrogen) atoms. The zero-order valence-corrected chi connectivity index (χ0v) is 17.1. The first-order valence-electron chi connectivity index (χ1n) is 9.55. The third-order valence-electron chi connectivity index (χ3n) is 4.62. The minimum atomic E-state index is -0.320. The number of hydrogen-bond donors (Lipinski definition) is 1. The quantitative estimate of drug-likeness (QED) is 0.382. The molecule has 2 aromatic carbocycles. The van der Waals surface area contributed by atoms with Crippen LogP contribution in [0.2, 0.25) is 0 Å². The Labute approximate surface area is 179 Å². The normalized spacial score (nSPS) is 11.2. The van der Waals surface area contributed by atoms with Gasteiger partial charge >= 0.3 is 0 Å². The Morgan fingerprint density at radius 1 is 1.06 bits per heavy atom. The first-order chi connectivity index (χ1) is 15.2. The molecular weight excluding hydrogens is 392 g/mol. The number of carbonyl (C=O) groups excluding carboxylic acids is 1. The second-order valence-electron chi connectivity index (χ2n) is 6.68. The van der Waals surface area contributed by atoms with Gasteiger partial charge < -0.3 is 14.7 Å². The standard InChI is InChI=1S/C23H20N6O2/c1-16(28-31-2)18-8-9-21(29-11-10-24-15-29)20(12-18)27-23(30)19-13-25-22(26-14-19)17-6-4-3-5-7-17/h3-15H,1-2H3,(H,27,30)/b28-16+. The largest absolute Gasteiger partial charge is 0.399 e. The van der Waals surface area contributed by atoms with Crippen molar-refractivity contribution in [2.24, 2.45) is 5.16 Å². The van der Waals surface area contributed by atoms with E-state index in [9.17, 15) is 4.79 Å². The second-order valence-corrected chi connectivity index (χ2v) is 6.68. The number of imidazole rings is 1. The van der Waals surface area contributed by atoms with E-state index >= 15 is 0 Å². The molecule has 4 aromatic rings. The maximum Gasteiger partial charge on any atom is 0.258 e. The van der Waals surface area contributed by atoms with Crippen LogP contribution in [0.1, 0.15) is 22.8 Å². The maximum absolute atomic E-state index is 12.9. The molecule has 1 N–H and O–H groups in total. The molecular formula is C23H20N6O2. The van der Waals surface area contributed by atoms with Crippen LogP contribution in [0, 0.1) is 0 Å². The van der Waals surface area contributed by atoms with Gasteiger partial charge in [-0.05, 0) is 19.1 Å². The van der Waals surface area contributed by atoms with Crippen LogP contribution in [0.3, 0.4) is 0 Å². The Morgan fingerprint density at radius 2 is 1.84 bits per heavy atom. The van der Waals surface area contributed by atoms with Gasteiger partial charge in [0.05, 0.1) is 29.0 Å². The SMILES string of the molecule is CO/N=C(\C)c1ccc(-n2ccnc2)c(NC(=O)c2cnc(-c3ccccc3)nc2)c1. The summed E-state index contributed by atoms with van der Waals surface area (Å²) in [6.45, 7) is 1.83. The number of amides is 1. The lowest BCUT2D eigenvalue weighted by atomic mass is 10.1. The van der Waals surface area contributed by atoms with Gasteiger partial charge in [0.25, 0.3) is 5.91 Å². The summed E-state index contributed by atoms with van der Waals surface area (Å²) < 4.78 is 1.82. The van der Waals surface area contributed by atoms with Gasteiger partial charge in [-0.25, -0.2) is 15.0 Å². The first kappa shape index (κ1) is 20.0. The van der Waals surface area contributed by atoms with Crippen molar-refractivity contribution in [3.05, 3.63) is 90.8 Å². The minimum Gasteiger partial charge on any atom is -0.399 e. The van der Waals surface area contributed by atoms with Gasteiger partial charge in [-0.3, -0.25) is 4.79 Å². The van der Waals surface area contributed by atoms with Crippen LogP contribution in [0.5, 0.6) is 0 Å². The molecule has 0 atom stereocenters. The third-order valence-corrected chi connectivity index (χ3v) is 4.62. The Bertz CT molecular complexity index is 1200. The minimum absolute atomic E-state index is 0.320. The Morgan fingerprint density at radius 3 is 2.52 bits per heavy atom. The molecule has 8 heteroatoms. The molecule has 0 saturated carbocycles. The molecule has 2 heterocycles. The molecule has 0 spiro atoms. The summed E-state index contributed by atoms with van der Waals surface area (Å²) in [5.74, 6) is 0.240. The van der Waals surface area contributed by atoms with Crippen molar-refractivity contribution < 1.29 is 9.63 Å². The highest BCUT2D eigenvalue weighted by atomic mass is 16.6. The van der Waals surface area contributed by atoms with Crippen molar-refractivity contribution >= 4 is 17.3 Å². The number of aromatic nitrogens is 4. The summed E-state index contributed by atoms with van der Waals surface area (Å²) >= 11 is 0. The first-order valence-corrected chi connectivity index (χ1v) is 9.55. The molecule has 0 unspecified atom stereocenters. The molecule has 0 aliphatic rings. The molecule has 0 bridgehead atoms. The van der Waals surface area contributed by atoms with E-state index in [1.54, 1.807) is 18.7 Å². The van der Waals surface area contributed by atoms with Gasteiger partial charge in [-0.1, -0.05) is 41.6 Å². The number of carbonyl (C=O) groups is 1.